The summed E-state index contributed by atoms with van der Waals surface area (Å²) in [5.41, 5.74) is 0. The molecule has 0 amide bonds. The first-order valence-corrected chi connectivity index (χ1v) is 6.97. The largest absolute Gasteiger partial charge is 0.380 e. The summed E-state index contributed by atoms with van der Waals surface area (Å²) in [6, 6.07) is 1.48. The number of hydrogen-bond donors (Lipinski definition) is 1. The van der Waals surface area contributed by atoms with Crippen LogP contribution in [0.5, 0.6) is 0 Å². The highest BCUT2D eigenvalue weighted by molar-refractivity contribution is 4.88. The topological polar surface area (TPSA) is 24.5 Å². The Bertz CT molecular complexity index is 188. The van der Waals surface area contributed by atoms with Crippen LogP contribution in [0.4, 0.5) is 0 Å². The highest BCUT2D eigenvalue weighted by Gasteiger charge is 2.29. The SMILES string of the molecule is CCNC1CCCCC1N1CCCOCC1. The van der Waals surface area contributed by atoms with Gasteiger partial charge in [-0.1, -0.05) is 19.8 Å². The van der Waals surface area contributed by atoms with Crippen LogP contribution in [0.3, 0.4) is 0 Å². The zero-order valence-electron chi connectivity index (χ0n) is 10.6. The van der Waals surface area contributed by atoms with Gasteiger partial charge in [0.15, 0.2) is 0 Å². The maximum absolute atomic E-state index is 5.55. The van der Waals surface area contributed by atoms with Crippen molar-refractivity contribution < 1.29 is 4.74 Å². The van der Waals surface area contributed by atoms with Crippen molar-refractivity contribution in [3.8, 4) is 0 Å². The molecule has 2 unspecified atom stereocenters. The minimum atomic E-state index is 0.719. The number of hydrogen-bond acceptors (Lipinski definition) is 3. The summed E-state index contributed by atoms with van der Waals surface area (Å²) in [5, 5.41) is 3.67. The zero-order valence-corrected chi connectivity index (χ0v) is 10.6. The van der Waals surface area contributed by atoms with Crippen molar-refractivity contribution >= 4 is 0 Å². The van der Waals surface area contributed by atoms with Crippen molar-refractivity contribution in [2.24, 2.45) is 0 Å². The molecule has 94 valence electrons. The minimum Gasteiger partial charge on any atom is -0.380 e. The van der Waals surface area contributed by atoms with Gasteiger partial charge in [0, 0.05) is 31.8 Å². The first-order chi connectivity index (χ1) is 7.92. The van der Waals surface area contributed by atoms with Crippen LogP contribution in [0.15, 0.2) is 0 Å². The van der Waals surface area contributed by atoms with Crippen LogP contribution in [0.25, 0.3) is 0 Å². The Balaban J connectivity index is 1.92. The van der Waals surface area contributed by atoms with Crippen LogP contribution in [-0.2, 0) is 4.74 Å². The molecule has 2 rings (SSSR count). The number of ether oxygens (including phenoxy) is 1. The molecule has 2 aliphatic rings. The van der Waals surface area contributed by atoms with Gasteiger partial charge in [0.2, 0.25) is 0 Å². The van der Waals surface area contributed by atoms with E-state index in [2.05, 4.69) is 17.1 Å². The van der Waals surface area contributed by atoms with Crippen LogP contribution in [0.2, 0.25) is 0 Å². The third-order valence-corrected chi connectivity index (χ3v) is 3.92. The fourth-order valence-corrected chi connectivity index (χ4v) is 3.15. The second-order valence-electron chi connectivity index (χ2n) is 5.02. The second-order valence-corrected chi connectivity index (χ2v) is 5.02. The van der Waals surface area contributed by atoms with Gasteiger partial charge < -0.3 is 10.1 Å². The van der Waals surface area contributed by atoms with Crippen molar-refractivity contribution in [2.45, 2.75) is 51.1 Å². The highest BCUT2D eigenvalue weighted by Crippen LogP contribution is 2.24. The van der Waals surface area contributed by atoms with Gasteiger partial charge in [-0.25, -0.2) is 0 Å². The van der Waals surface area contributed by atoms with E-state index in [1.54, 1.807) is 0 Å². The lowest BCUT2D eigenvalue weighted by atomic mass is 9.89. The number of rotatable bonds is 3. The van der Waals surface area contributed by atoms with E-state index in [0.717, 1.165) is 38.4 Å². The molecule has 1 heterocycles. The van der Waals surface area contributed by atoms with Gasteiger partial charge in [0.25, 0.3) is 0 Å². The third-order valence-electron chi connectivity index (χ3n) is 3.92. The molecule has 1 saturated heterocycles. The Morgan fingerprint density at radius 2 is 2.00 bits per heavy atom. The molecule has 0 radical (unpaired) electrons. The molecule has 0 spiro atoms. The lowest BCUT2D eigenvalue weighted by Gasteiger charge is -2.39. The molecule has 1 aliphatic carbocycles. The van der Waals surface area contributed by atoms with E-state index in [9.17, 15) is 0 Å². The van der Waals surface area contributed by atoms with Crippen molar-refractivity contribution in [1.82, 2.24) is 10.2 Å². The molecule has 3 heteroatoms. The number of likely N-dealkylation sites (N-methyl/N-ethyl adjacent to an activating group) is 1. The summed E-state index contributed by atoms with van der Waals surface area (Å²) in [7, 11) is 0. The molecule has 1 aliphatic heterocycles. The summed E-state index contributed by atoms with van der Waals surface area (Å²) in [4.78, 5) is 2.67. The van der Waals surface area contributed by atoms with E-state index in [1.807, 2.05) is 0 Å². The average molecular weight is 226 g/mol. The number of nitrogens with one attached hydrogen (secondary N) is 1. The monoisotopic (exact) mass is 226 g/mol. The van der Waals surface area contributed by atoms with Crippen LogP contribution >= 0.6 is 0 Å². The molecular weight excluding hydrogens is 200 g/mol. The minimum absolute atomic E-state index is 0.719. The fraction of sp³-hybridized carbons (Fsp3) is 1.00. The maximum Gasteiger partial charge on any atom is 0.0593 e. The predicted octanol–water partition coefficient (Wildman–Crippen LogP) is 1.63. The van der Waals surface area contributed by atoms with Crippen molar-refractivity contribution in [2.75, 3.05) is 32.8 Å². The molecule has 0 bridgehead atoms. The molecule has 2 fully saturated rings. The molecular formula is C13H26N2O. The summed E-state index contributed by atoms with van der Waals surface area (Å²) in [6.07, 6.45) is 6.74. The maximum atomic E-state index is 5.55. The van der Waals surface area contributed by atoms with Gasteiger partial charge in [0.05, 0.1) is 6.61 Å². The van der Waals surface area contributed by atoms with Crippen LogP contribution in [0, 0.1) is 0 Å². The summed E-state index contributed by atoms with van der Waals surface area (Å²) < 4.78 is 5.55. The van der Waals surface area contributed by atoms with Gasteiger partial charge in [-0.05, 0) is 25.8 Å². The number of nitrogens with zero attached hydrogens (tertiary/aromatic N) is 1. The Labute approximate surface area is 99.5 Å². The molecule has 0 aromatic carbocycles. The molecule has 3 nitrogen and oxygen atoms in total. The summed E-state index contributed by atoms with van der Waals surface area (Å²) in [6.45, 7) is 7.56. The van der Waals surface area contributed by atoms with E-state index >= 15 is 0 Å². The predicted molar refractivity (Wildman–Crippen MR) is 66.7 cm³/mol. The van der Waals surface area contributed by atoms with Gasteiger partial charge in [-0.2, -0.15) is 0 Å². The standard InChI is InChI=1S/C13H26N2O/c1-2-14-12-6-3-4-7-13(12)15-8-5-10-16-11-9-15/h12-14H,2-11H2,1H3. The first kappa shape index (κ1) is 12.3. The van der Waals surface area contributed by atoms with Gasteiger partial charge in [-0.15, -0.1) is 0 Å². The van der Waals surface area contributed by atoms with E-state index in [1.165, 1.54) is 38.6 Å². The van der Waals surface area contributed by atoms with Crippen LogP contribution in [-0.4, -0.2) is 49.8 Å². The Morgan fingerprint density at radius 1 is 1.12 bits per heavy atom. The normalized spacial score (nSPS) is 33.6. The fourth-order valence-electron chi connectivity index (χ4n) is 3.15. The molecule has 16 heavy (non-hydrogen) atoms. The molecule has 1 saturated carbocycles. The molecule has 0 aromatic heterocycles. The lowest BCUT2D eigenvalue weighted by molar-refractivity contribution is 0.104. The Morgan fingerprint density at radius 3 is 2.88 bits per heavy atom. The van der Waals surface area contributed by atoms with E-state index in [4.69, 9.17) is 4.74 Å². The van der Waals surface area contributed by atoms with Crippen LogP contribution < -0.4 is 5.32 Å². The van der Waals surface area contributed by atoms with Gasteiger partial charge >= 0.3 is 0 Å². The van der Waals surface area contributed by atoms with Crippen molar-refractivity contribution in [1.29, 1.82) is 0 Å². The van der Waals surface area contributed by atoms with Gasteiger partial charge in [0.1, 0.15) is 0 Å². The molecule has 1 N–H and O–H groups in total. The highest BCUT2D eigenvalue weighted by atomic mass is 16.5. The second kappa shape index (κ2) is 6.58. The summed E-state index contributed by atoms with van der Waals surface area (Å²) >= 11 is 0. The lowest BCUT2D eigenvalue weighted by Crippen LogP contribution is -2.52. The first-order valence-electron chi connectivity index (χ1n) is 6.97. The van der Waals surface area contributed by atoms with Gasteiger partial charge in [-0.3, -0.25) is 4.90 Å². The summed E-state index contributed by atoms with van der Waals surface area (Å²) in [5.74, 6) is 0. The smallest absolute Gasteiger partial charge is 0.0593 e. The van der Waals surface area contributed by atoms with E-state index < -0.39 is 0 Å². The van der Waals surface area contributed by atoms with Crippen molar-refractivity contribution in [3.05, 3.63) is 0 Å². The third kappa shape index (κ3) is 3.19. The van der Waals surface area contributed by atoms with E-state index in [0.29, 0.717) is 0 Å². The van der Waals surface area contributed by atoms with Crippen molar-refractivity contribution in [3.63, 3.8) is 0 Å². The quantitative estimate of drug-likeness (QED) is 0.791. The zero-order chi connectivity index (χ0) is 11.2. The average Bonchev–Trinajstić information content (AvgIpc) is 2.59. The Hall–Kier alpha value is -0.120. The Kier molecular flexibility index (Phi) is 5.07. The molecule has 0 aromatic rings. The molecule has 2 atom stereocenters. The van der Waals surface area contributed by atoms with E-state index in [-0.39, 0.29) is 0 Å². The van der Waals surface area contributed by atoms with Crippen LogP contribution in [0.1, 0.15) is 39.0 Å².